The molecular formula is C17H15N5O2. The maximum atomic E-state index is 12.0. The number of carbonyl (C=O) groups excluding carboxylic acids is 1. The Kier molecular flexibility index (Phi) is 4.62. The van der Waals surface area contributed by atoms with E-state index in [1.807, 2.05) is 48.5 Å². The number of nitrogen functional groups attached to an aromatic ring is 1. The minimum absolute atomic E-state index is 0.0307. The smallest absolute Gasteiger partial charge is 0.264 e. The molecule has 0 saturated heterocycles. The number of ether oxygens (including phenoxy) is 1. The molecule has 0 saturated carbocycles. The van der Waals surface area contributed by atoms with E-state index >= 15 is 0 Å². The third-order valence-corrected chi connectivity index (χ3v) is 3.05. The second kappa shape index (κ2) is 7.19. The summed E-state index contributed by atoms with van der Waals surface area (Å²) in [5.41, 5.74) is 6.47. The first-order valence-corrected chi connectivity index (χ1v) is 7.25. The number of anilines is 2. The molecule has 0 fully saturated rings. The van der Waals surface area contributed by atoms with E-state index in [0.717, 1.165) is 5.56 Å². The van der Waals surface area contributed by atoms with Crippen LogP contribution in [0.25, 0.3) is 11.4 Å². The number of carbonyl (C=O) groups is 1. The lowest BCUT2D eigenvalue weighted by Gasteiger charge is -2.08. The van der Waals surface area contributed by atoms with Crippen molar-refractivity contribution in [2.75, 3.05) is 17.7 Å². The highest BCUT2D eigenvalue weighted by Crippen LogP contribution is 2.16. The number of nitrogens with zero attached hydrogens (tertiary/aromatic N) is 3. The zero-order valence-electron chi connectivity index (χ0n) is 12.7. The largest absolute Gasteiger partial charge is 0.484 e. The molecule has 1 aromatic heterocycles. The summed E-state index contributed by atoms with van der Waals surface area (Å²) < 4.78 is 5.37. The minimum Gasteiger partial charge on any atom is -0.484 e. The Morgan fingerprint density at radius 2 is 1.62 bits per heavy atom. The van der Waals surface area contributed by atoms with Gasteiger partial charge in [-0.2, -0.15) is 15.0 Å². The second-order valence-corrected chi connectivity index (χ2v) is 4.86. The van der Waals surface area contributed by atoms with Gasteiger partial charge in [-0.05, 0) is 12.1 Å². The van der Waals surface area contributed by atoms with Crippen molar-refractivity contribution in [3.05, 3.63) is 60.7 Å². The summed E-state index contributed by atoms with van der Waals surface area (Å²) in [6, 6.07) is 18.4. The van der Waals surface area contributed by atoms with Crippen molar-refractivity contribution in [2.24, 2.45) is 0 Å². The van der Waals surface area contributed by atoms with Gasteiger partial charge in [0.05, 0.1) is 0 Å². The maximum absolute atomic E-state index is 12.0. The molecule has 7 nitrogen and oxygen atoms in total. The van der Waals surface area contributed by atoms with Crippen molar-refractivity contribution in [3.8, 4) is 17.1 Å². The lowest BCUT2D eigenvalue weighted by Crippen LogP contribution is -2.22. The molecule has 1 amide bonds. The van der Waals surface area contributed by atoms with E-state index in [4.69, 9.17) is 10.5 Å². The highest BCUT2D eigenvalue weighted by atomic mass is 16.5. The molecule has 2 aromatic carbocycles. The van der Waals surface area contributed by atoms with Gasteiger partial charge in [-0.3, -0.25) is 10.1 Å². The van der Waals surface area contributed by atoms with Crippen LogP contribution in [0.15, 0.2) is 60.7 Å². The zero-order valence-corrected chi connectivity index (χ0v) is 12.7. The number of hydrogen-bond donors (Lipinski definition) is 2. The van der Waals surface area contributed by atoms with E-state index in [1.54, 1.807) is 12.1 Å². The van der Waals surface area contributed by atoms with Crippen LogP contribution in [-0.4, -0.2) is 27.5 Å². The molecule has 0 aliphatic heterocycles. The Morgan fingerprint density at radius 3 is 2.33 bits per heavy atom. The van der Waals surface area contributed by atoms with Gasteiger partial charge in [0.1, 0.15) is 5.75 Å². The Morgan fingerprint density at radius 1 is 0.958 bits per heavy atom. The first kappa shape index (κ1) is 15.4. The van der Waals surface area contributed by atoms with Gasteiger partial charge in [0.2, 0.25) is 11.9 Å². The summed E-state index contributed by atoms with van der Waals surface area (Å²) in [4.78, 5) is 24.2. The SMILES string of the molecule is Nc1nc(NC(=O)COc2ccccc2)nc(-c2ccccc2)n1. The summed E-state index contributed by atoms with van der Waals surface area (Å²) in [6.07, 6.45) is 0. The van der Waals surface area contributed by atoms with Crippen molar-refractivity contribution in [2.45, 2.75) is 0 Å². The van der Waals surface area contributed by atoms with Crippen molar-refractivity contribution < 1.29 is 9.53 Å². The molecule has 24 heavy (non-hydrogen) atoms. The van der Waals surface area contributed by atoms with Crippen molar-refractivity contribution in [1.82, 2.24) is 15.0 Å². The van der Waals surface area contributed by atoms with E-state index in [-0.39, 0.29) is 24.4 Å². The number of rotatable bonds is 5. The molecule has 0 bridgehead atoms. The number of amides is 1. The number of aromatic nitrogens is 3. The number of hydrogen-bond acceptors (Lipinski definition) is 6. The molecular weight excluding hydrogens is 306 g/mol. The van der Waals surface area contributed by atoms with Crippen LogP contribution < -0.4 is 15.8 Å². The molecule has 0 spiro atoms. The van der Waals surface area contributed by atoms with Crippen molar-refractivity contribution >= 4 is 17.8 Å². The van der Waals surface area contributed by atoms with Gasteiger partial charge in [-0.1, -0.05) is 48.5 Å². The topological polar surface area (TPSA) is 103 Å². The van der Waals surface area contributed by atoms with Crippen LogP contribution in [0.3, 0.4) is 0 Å². The molecule has 7 heteroatoms. The Balaban J connectivity index is 1.68. The van der Waals surface area contributed by atoms with Crippen LogP contribution in [0.1, 0.15) is 0 Å². The fourth-order valence-electron chi connectivity index (χ4n) is 1.99. The summed E-state index contributed by atoms with van der Waals surface area (Å²) >= 11 is 0. The number of para-hydroxylation sites is 1. The minimum atomic E-state index is -0.386. The average Bonchev–Trinajstić information content (AvgIpc) is 2.61. The molecule has 0 aliphatic rings. The monoisotopic (exact) mass is 321 g/mol. The number of benzene rings is 2. The van der Waals surface area contributed by atoms with Crippen LogP contribution in [0.2, 0.25) is 0 Å². The van der Waals surface area contributed by atoms with Gasteiger partial charge in [-0.25, -0.2) is 0 Å². The second-order valence-electron chi connectivity index (χ2n) is 4.86. The normalized spacial score (nSPS) is 10.2. The summed E-state index contributed by atoms with van der Waals surface area (Å²) in [5.74, 6) is 0.727. The lowest BCUT2D eigenvalue weighted by atomic mass is 10.2. The van der Waals surface area contributed by atoms with E-state index in [0.29, 0.717) is 11.6 Å². The van der Waals surface area contributed by atoms with Gasteiger partial charge in [0, 0.05) is 5.56 Å². The molecule has 3 N–H and O–H groups in total. The Labute approximate surface area is 138 Å². The zero-order chi connectivity index (χ0) is 16.8. The van der Waals surface area contributed by atoms with Gasteiger partial charge >= 0.3 is 0 Å². The van der Waals surface area contributed by atoms with Crippen LogP contribution in [-0.2, 0) is 4.79 Å². The van der Waals surface area contributed by atoms with E-state index < -0.39 is 0 Å². The first-order valence-electron chi connectivity index (χ1n) is 7.25. The lowest BCUT2D eigenvalue weighted by molar-refractivity contribution is -0.118. The van der Waals surface area contributed by atoms with Crippen molar-refractivity contribution in [3.63, 3.8) is 0 Å². The molecule has 120 valence electrons. The standard InChI is InChI=1S/C17H15N5O2/c18-16-20-15(12-7-3-1-4-8-12)21-17(22-16)19-14(23)11-24-13-9-5-2-6-10-13/h1-10H,11H2,(H3,18,19,20,21,22,23). The average molecular weight is 321 g/mol. The molecule has 0 unspecified atom stereocenters. The van der Waals surface area contributed by atoms with Gasteiger partial charge in [-0.15, -0.1) is 0 Å². The van der Waals surface area contributed by atoms with Crippen LogP contribution in [0.5, 0.6) is 5.75 Å². The highest BCUT2D eigenvalue weighted by molar-refractivity contribution is 5.90. The van der Waals surface area contributed by atoms with Crippen LogP contribution in [0.4, 0.5) is 11.9 Å². The molecule has 0 atom stereocenters. The van der Waals surface area contributed by atoms with E-state index in [2.05, 4.69) is 20.3 Å². The van der Waals surface area contributed by atoms with E-state index in [1.165, 1.54) is 0 Å². The van der Waals surface area contributed by atoms with Gasteiger partial charge < -0.3 is 10.5 Å². The van der Waals surface area contributed by atoms with Gasteiger partial charge in [0.25, 0.3) is 5.91 Å². The van der Waals surface area contributed by atoms with E-state index in [9.17, 15) is 4.79 Å². The number of nitrogens with one attached hydrogen (secondary N) is 1. The first-order chi connectivity index (χ1) is 11.7. The number of nitrogens with two attached hydrogens (primary N) is 1. The Bertz CT molecular complexity index is 825. The maximum Gasteiger partial charge on any atom is 0.264 e. The Hall–Kier alpha value is -3.48. The third-order valence-electron chi connectivity index (χ3n) is 3.05. The molecule has 0 radical (unpaired) electrons. The van der Waals surface area contributed by atoms with Crippen molar-refractivity contribution in [1.29, 1.82) is 0 Å². The summed E-state index contributed by atoms with van der Waals surface area (Å²) in [7, 11) is 0. The fourth-order valence-corrected chi connectivity index (χ4v) is 1.99. The third kappa shape index (κ3) is 4.04. The van der Waals surface area contributed by atoms with Gasteiger partial charge in [0.15, 0.2) is 12.4 Å². The molecule has 0 aliphatic carbocycles. The fraction of sp³-hybridized carbons (Fsp3) is 0.0588. The molecule has 3 rings (SSSR count). The summed E-state index contributed by atoms with van der Waals surface area (Å²) in [5, 5.41) is 2.56. The predicted molar refractivity (Wildman–Crippen MR) is 90.2 cm³/mol. The quantitative estimate of drug-likeness (QED) is 0.746. The summed E-state index contributed by atoms with van der Waals surface area (Å²) in [6.45, 7) is -0.156. The molecule has 3 aromatic rings. The highest BCUT2D eigenvalue weighted by Gasteiger charge is 2.10. The molecule has 1 heterocycles. The van der Waals surface area contributed by atoms with Crippen LogP contribution >= 0.6 is 0 Å². The van der Waals surface area contributed by atoms with Crippen LogP contribution in [0, 0.1) is 0 Å². The predicted octanol–water partition coefficient (Wildman–Crippen LogP) is 2.14.